The van der Waals surface area contributed by atoms with E-state index in [4.69, 9.17) is 25.5 Å². The number of ether oxygens (including phenoxy) is 2. The number of halogens is 1. The molecule has 6 rings (SSSR count). The van der Waals surface area contributed by atoms with Crippen molar-refractivity contribution in [2.24, 2.45) is 0 Å². The lowest BCUT2D eigenvalue weighted by Gasteiger charge is -2.12. The number of nitrogens with zero attached hydrogens (tertiary/aromatic N) is 3. The molecular formula is C30H23ClN4O4S. The topological polar surface area (TPSA) is 91.4 Å². The zero-order valence-corrected chi connectivity index (χ0v) is 23.1. The van der Waals surface area contributed by atoms with Crippen molar-refractivity contribution in [1.29, 1.82) is 0 Å². The van der Waals surface area contributed by atoms with Crippen molar-refractivity contribution in [3.8, 4) is 28.6 Å². The molecule has 200 valence electrons. The standard InChI is InChI=1S/C30H23ClN4O4S/c1-37-21-13-7-18(8-14-21)29-33-34-30(35(29)20-11-9-19(31)10-12-20)40-17-28(36)32-24-16-26-23(15-27(24)38-2)22-5-3-4-6-25(22)39-26/h3-16H,17H2,1-2H3,(H,32,36). The van der Waals surface area contributed by atoms with Gasteiger partial charge < -0.3 is 19.2 Å². The smallest absolute Gasteiger partial charge is 0.234 e. The minimum Gasteiger partial charge on any atom is -0.497 e. The van der Waals surface area contributed by atoms with E-state index in [1.54, 1.807) is 32.4 Å². The second-order valence-corrected chi connectivity index (χ2v) is 10.2. The summed E-state index contributed by atoms with van der Waals surface area (Å²) in [6.07, 6.45) is 0. The number of carbonyl (C=O) groups is 1. The lowest BCUT2D eigenvalue weighted by molar-refractivity contribution is -0.113. The predicted octanol–water partition coefficient (Wildman–Crippen LogP) is 7.24. The first-order valence-electron chi connectivity index (χ1n) is 12.3. The molecular weight excluding hydrogens is 548 g/mol. The van der Waals surface area contributed by atoms with E-state index in [-0.39, 0.29) is 11.7 Å². The normalized spacial score (nSPS) is 11.2. The number of methoxy groups -OCH3 is 2. The first kappa shape index (κ1) is 25.8. The second-order valence-electron chi connectivity index (χ2n) is 8.83. The van der Waals surface area contributed by atoms with Crippen molar-refractivity contribution in [2.75, 3.05) is 25.3 Å². The molecule has 6 aromatic rings. The lowest BCUT2D eigenvalue weighted by Crippen LogP contribution is -2.15. The van der Waals surface area contributed by atoms with Crippen LogP contribution in [0.1, 0.15) is 0 Å². The Labute approximate surface area is 238 Å². The van der Waals surface area contributed by atoms with E-state index >= 15 is 0 Å². The highest BCUT2D eigenvalue weighted by Gasteiger charge is 2.19. The number of benzene rings is 4. The zero-order chi connectivity index (χ0) is 27.6. The van der Waals surface area contributed by atoms with E-state index in [9.17, 15) is 4.79 Å². The molecule has 0 saturated heterocycles. The van der Waals surface area contributed by atoms with Gasteiger partial charge in [0.2, 0.25) is 5.91 Å². The van der Waals surface area contributed by atoms with Gasteiger partial charge in [-0.3, -0.25) is 9.36 Å². The Hall–Kier alpha value is -4.47. The summed E-state index contributed by atoms with van der Waals surface area (Å²) in [4.78, 5) is 13.1. The molecule has 2 aromatic heterocycles. The third-order valence-electron chi connectivity index (χ3n) is 6.37. The van der Waals surface area contributed by atoms with Crippen molar-refractivity contribution in [1.82, 2.24) is 14.8 Å². The Morgan fingerprint density at radius 3 is 2.45 bits per heavy atom. The fourth-order valence-electron chi connectivity index (χ4n) is 4.45. The van der Waals surface area contributed by atoms with Gasteiger partial charge in [-0.2, -0.15) is 0 Å². The number of rotatable bonds is 8. The molecule has 0 unspecified atom stereocenters. The minimum absolute atomic E-state index is 0.0929. The van der Waals surface area contributed by atoms with Crippen LogP contribution in [-0.4, -0.2) is 40.6 Å². The highest BCUT2D eigenvalue weighted by molar-refractivity contribution is 7.99. The lowest BCUT2D eigenvalue weighted by atomic mass is 10.1. The average molecular weight is 571 g/mol. The van der Waals surface area contributed by atoms with Gasteiger partial charge in [-0.15, -0.1) is 10.2 Å². The van der Waals surface area contributed by atoms with Gasteiger partial charge in [0.15, 0.2) is 11.0 Å². The molecule has 0 radical (unpaired) electrons. The number of fused-ring (bicyclic) bond motifs is 3. The molecule has 1 amide bonds. The highest BCUT2D eigenvalue weighted by Crippen LogP contribution is 2.37. The third kappa shape index (κ3) is 4.97. The fourth-order valence-corrected chi connectivity index (χ4v) is 5.33. The van der Waals surface area contributed by atoms with Gasteiger partial charge in [0.25, 0.3) is 0 Å². The Kier molecular flexibility index (Phi) is 7.06. The van der Waals surface area contributed by atoms with Gasteiger partial charge in [-0.1, -0.05) is 41.6 Å². The molecule has 0 bridgehead atoms. The molecule has 0 atom stereocenters. The number of amides is 1. The van der Waals surface area contributed by atoms with Crippen molar-refractivity contribution >= 4 is 56.9 Å². The van der Waals surface area contributed by atoms with Crippen LogP contribution in [0.2, 0.25) is 5.02 Å². The fraction of sp³-hybridized carbons (Fsp3) is 0.100. The van der Waals surface area contributed by atoms with Gasteiger partial charge in [0.05, 0.1) is 25.7 Å². The molecule has 1 N–H and O–H groups in total. The molecule has 0 aliphatic rings. The van der Waals surface area contributed by atoms with Crippen molar-refractivity contribution in [2.45, 2.75) is 5.16 Å². The van der Waals surface area contributed by atoms with E-state index in [1.165, 1.54) is 11.8 Å². The Bertz CT molecular complexity index is 1830. The van der Waals surface area contributed by atoms with Crippen LogP contribution in [-0.2, 0) is 4.79 Å². The molecule has 40 heavy (non-hydrogen) atoms. The van der Waals surface area contributed by atoms with Crippen LogP contribution < -0.4 is 14.8 Å². The van der Waals surface area contributed by atoms with Crippen LogP contribution in [0.15, 0.2) is 94.5 Å². The molecule has 0 aliphatic carbocycles. The van der Waals surface area contributed by atoms with Gasteiger partial charge in [0.1, 0.15) is 22.7 Å². The van der Waals surface area contributed by atoms with Crippen molar-refractivity contribution < 1.29 is 18.7 Å². The second kappa shape index (κ2) is 11.0. The number of aromatic nitrogens is 3. The average Bonchev–Trinajstić information content (AvgIpc) is 3.57. The van der Waals surface area contributed by atoms with E-state index in [0.717, 1.165) is 33.4 Å². The van der Waals surface area contributed by atoms with Crippen LogP contribution in [0.5, 0.6) is 11.5 Å². The SMILES string of the molecule is COc1ccc(-c2nnc(SCC(=O)Nc3cc4oc5ccccc5c4cc3OC)n2-c2ccc(Cl)cc2)cc1. The number of anilines is 1. The summed E-state index contributed by atoms with van der Waals surface area (Å²) in [5, 5.41) is 14.9. The number of carbonyl (C=O) groups excluding carboxylic acids is 1. The van der Waals surface area contributed by atoms with E-state index in [0.29, 0.717) is 33.0 Å². The number of hydrogen-bond acceptors (Lipinski definition) is 7. The highest BCUT2D eigenvalue weighted by atomic mass is 35.5. The minimum atomic E-state index is -0.226. The molecule has 0 fully saturated rings. The summed E-state index contributed by atoms with van der Waals surface area (Å²) in [5.74, 6) is 1.78. The first-order chi connectivity index (χ1) is 19.5. The van der Waals surface area contributed by atoms with Crippen LogP contribution >= 0.6 is 23.4 Å². The Morgan fingerprint density at radius 1 is 0.925 bits per heavy atom. The number of para-hydroxylation sites is 1. The number of nitrogens with one attached hydrogen (secondary N) is 1. The van der Waals surface area contributed by atoms with Gasteiger partial charge in [-0.05, 0) is 60.7 Å². The summed E-state index contributed by atoms with van der Waals surface area (Å²) < 4.78 is 18.8. The maximum Gasteiger partial charge on any atom is 0.234 e. The number of thioether (sulfide) groups is 1. The summed E-state index contributed by atoms with van der Waals surface area (Å²) in [6.45, 7) is 0. The van der Waals surface area contributed by atoms with Gasteiger partial charge >= 0.3 is 0 Å². The number of furan rings is 1. The summed E-state index contributed by atoms with van der Waals surface area (Å²) in [5.41, 5.74) is 3.63. The van der Waals surface area contributed by atoms with E-state index < -0.39 is 0 Å². The molecule has 4 aromatic carbocycles. The molecule has 0 aliphatic heterocycles. The van der Waals surface area contributed by atoms with Crippen molar-refractivity contribution in [3.05, 3.63) is 90.0 Å². The zero-order valence-electron chi connectivity index (χ0n) is 21.6. The van der Waals surface area contributed by atoms with Gasteiger partial charge in [-0.25, -0.2) is 0 Å². The molecule has 10 heteroatoms. The predicted molar refractivity (Wildman–Crippen MR) is 158 cm³/mol. The van der Waals surface area contributed by atoms with Crippen LogP contribution in [0.4, 0.5) is 5.69 Å². The third-order valence-corrected chi connectivity index (χ3v) is 7.55. The summed E-state index contributed by atoms with van der Waals surface area (Å²) in [6, 6.07) is 26.4. The quantitative estimate of drug-likeness (QED) is 0.193. The molecule has 0 saturated carbocycles. The first-order valence-corrected chi connectivity index (χ1v) is 13.7. The van der Waals surface area contributed by atoms with Crippen LogP contribution in [0.3, 0.4) is 0 Å². The Balaban J connectivity index is 1.27. The summed E-state index contributed by atoms with van der Waals surface area (Å²) >= 11 is 7.41. The van der Waals surface area contributed by atoms with Crippen LogP contribution in [0.25, 0.3) is 39.0 Å². The maximum absolute atomic E-state index is 13.1. The van der Waals surface area contributed by atoms with E-state index in [2.05, 4.69) is 15.5 Å². The van der Waals surface area contributed by atoms with E-state index in [1.807, 2.05) is 71.3 Å². The van der Waals surface area contributed by atoms with Crippen LogP contribution in [0, 0.1) is 0 Å². The Morgan fingerprint density at radius 2 is 1.70 bits per heavy atom. The molecule has 8 nitrogen and oxygen atoms in total. The largest absolute Gasteiger partial charge is 0.497 e. The van der Waals surface area contributed by atoms with Gasteiger partial charge in [0, 0.05) is 33.1 Å². The summed E-state index contributed by atoms with van der Waals surface area (Å²) in [7, 11) is 3.19. The number of hydrogen-bond donors (Lipinski definition) is 1. The molecule has 2 heterocycles. The maximum atomic E-state index is 13.1. The monoisotopic (exact) mass is 570 g/mol. The molecule has 0 spiro atoms. The van der Waals surface area contributed by atoms with Crippen molar-refractivity contribution in [3.63, 3.8) is 0 Å².